The molecule has 210 valence electrons. The van der Waals surface area contributed by atoms with Crippen LogP contribution in [0.5, 0.6) is 0 Å². The number of hydrogen-bond donors (Lipinski definition) is 0. The molecule has 7 aromatic carbocycles. The fraction of sp³-hybridized carbons (Fsp3) is 0. The summed E-state index contributed by atoms with van der Waals surface area (Å²) in [5.74, 6) is 0. The molecule has 0 spiro atoms. The van der Waals surface area contributed by atoms with E-state index in [9.17, 15) is 0 Å². The quantitative estimate of drug-likeness (QED) is 0.204. The van der Waals surface area contributed by atoms with Crippen LogP contribution >= 0.6 is 11.3 Å². The van der Waals surface area contributed by atoms with Crippen LogP contribution in [0.2, 0.25) is 0 Å². The summed E-state index contributed by atoms with van der Waals surface area (Å²) >= 11 is 1.85. The number of furan rings is 2. The fourth-order valence-electron chi connectivity index (χ4n) is 6.83. The molecule has 3 heterocycles. The third-order valence-corrected chi connectivity index (χ3v) is 10.2. The monoisotopic (exact) mass is 592 g/mol. The SMILES string of the molecule is c1cc(-c2ccc3oc4ccccc4c3c2)cc(-c2ccc3sc4ccc(-c5ccc6oc7ccccc7c6c5)cc4c3c2)c1. The van der Waals surface area contributed by atoms with E-state index in [-0.39, 0.29) is 0 Å². The molecule has 0 aliphatic carbocycles. The zero-order chi connectivity index (χ0) is 29.5. The summed E-state index contributed by atoms with van der Waals surface area (Å²) in [6.45, 7) is 0. The molecule has 0 atom stereocenters. The molecule has 0 unspecified atom stereocenters. The van der Waals surface area contributed by atoms with Crippen molar-refractivity contribution in [3.8, 4) is 33.4 Å². The molecule has 3 aromatic heterocycles. The van der Waals surface area contributed by atoms with E-state index in [0.717, 1.165) is 43.9 Å². The van der Waals surface area contributed by atoms with Crippen LogP contribution in [0.15, 0.2) is 154 Å². The zero-order valence-electron chi connectivity index (χ0n) is 24.1. The predicted molar refractivity (Wildman–Crippen MR) is 190 cm³/mol. The van der Waals surface area contributed by atoms with Crippen LogP contribution in [0.3, 0.4) is 0 Å². The van der Waals surface area contributed by atoms with Gasteiger partial charge in [-0.3, -0.25) is 0 Å². The van der Waals surface area contributed by atoms with Gasteiger partial charge in [-0.1, -0.05) is 78.9 Å². The Balaban J connectivity index is 1.07. The molecule has 0 saturated heterocycles. The van der Waals surface area contributed by atoms with Gasteiger partial charge in [0.2, 0.25) is 0 Å². The Morgan fingerprint density at radius 2 is 0.689 bits per heavy atom. The van der Waals surface area contributed by atoms with Crippen molar-refractivity contribution in [2.75, 3.05) is 0 Å². The van der Waals surface area contributed by atoms with Crippen molar-refractivity contribution in [1.82, 2.24) is 0 Å². The smallest absolute Gasteiger partial charge is 0.135 e. The maximum atomic E-state index is 6.08. The predicted octanol–water partition coefficient (Wildman–Crippen LogP) is 12.9. The number of hydrogen-bond acceptors (Lipinski definition) is 3. The Morgan fingerprint density at radius 1 is 0.289 bits per heavy atom. The third kappa shape index (κ3) is 3.88. The minimum absolute atomic E-state index is 0.920. The molecule has 10 aromatic rings. The highest BCUT2D eigenvalue weighted by molar-refractivity contribution is 7.25. The maximum absolute atomic E-state index is 6.08. The second kappa shape index (κ2) is 9.43. The molecule has 0 radical (unpaired) electrons. The molecule has 0 bridgehead atoms. The Kier molecular flexibility index (Phi) is 5.19. The molecule has 0 fully saturated rings. The Bertz CT molecular complexity index is 2770. The Labute approximate surface area is 262 Å². The van der Waals surface area contributed by atoms with Gasteiger partial charge in [0.25, 0.3) is 0 Å². The van der Waals surface area contributed by atoms with Gasteiger partial charge < -0.3 is 8.83 Å². The number of rotatable bonds is 3. The molecule has 0 aliphatic heterocycles. The summed E-state index contributed by atoms with van der Waals surface area (Å²) in [7, 11) is 0. The van der Waals surface area contributed by atoms with Crippen LogP contribution in [0.1, 0.15) is 0 Å². The normalized spacial score (nSPS) is 12.0. The first-order valence-electron chi connectivity index (χ1n) is 15.2. The lowest BCUT2D eigenvalue weighted by molar-refractivity contribution is 0.668. The largest absolute Gasteiger partial charge is 0.456 e. The van der Waals surface area contributed by atoms with E-state index >= 15 is 0 Å². The summed E-state index contributed by atoms with van der Waals surface area (Å²) in [4.78, 5) is 0. The molecule has 2 nitrogen and oxygen atoms in total. The van der Waals surface area contributed by atoms with Crippen LogP contribution in [0, 0.1) is 0 Å². The third-order valence-electron chi connectivity index (χ3n) is 9.09. The van der Waals surface area contributed by atoms with E-state index in [1.807, 2.05) is 35.6 Å². The van der Waals surface area contributed by atoms with E-state index < -0.39 is 0 Å². The Hall–Kier alpha value is -5.64. The summed E-state index contributed by atoms with van der Waals surface area (Å²) in [5, 5.41) is 7.19. The van der Waals surface area contributed by atoms with Crippen molar-refractivity contribution in [1.29, 1.82) is 0 Å². The zero-order valence-corrected chi connectivity index (χ0v) is 24.9. The standard InChI is InChI=1S/C42H24O2S/c1-3-10-37-31(8-1)33-21-27(12-16-39(33)43-37)25-6-5-7-26(20-25)29-14-18-41-35(23-29)36-24-30(15-19-42(36)45-41)28-13-17-40-34(22-28)32-9-2-4-11-38(32)44-40/h1-24H. The molecular weight excluding hydrogens is 569 g/mol. The molecular formula is C42H24O2S. The van der Waals surface area contributed by atoms with E-state index in [1.54, 1.807) is 0 Å². The van der Waals surface area contributed by atoms with E-state index in [0.29, 0.717) is 0 Å². The van der Waals surface area contributed by atoms with E-state index in [1.165, 1.54) is 53.6 Å². The second-order valence-electron chi connectivity index (χ2n) is 11.7. The van der Waals surface area contributed by atoms with Crippen molar-refractivity contribution in [2.45, 2.75) is 0 Å². The molecule has 10 rings (SSSR count). The molecule has 0 saturated carbocycles. The fourth-order valence-corrected chi connectivity index (χ4v) is 7.89. The van der Waals surface area contributed by atoms with Crippen molar-refractivity contribution in [3.05, 3.63) is 146 Å². The number of benzene rings is 7. The lowest BCUT2D eigenvalue weighted by Gasteiger charge is -2.07. The van der Waals surface area contributed by atoms with Gasteiger partial charge in [-0.2, -0.15) is 0 Å². The topological polar surface area (TPSA) is 26.3 Å². The van der Waals surface area contributed by atoms with E-state index in [4.69, 9.17) is 8.83 Å². The average molecular weight is 593 g/mol. The van der Waals surface area contributed by atoms with Crippen LogP contribution in [0.25, 0.3) is 97.4 Å². The highest BCUT2D eigenvalue weighted by atomic mass is 32.1. The van der Waals surface area contributed by atoms with Gasteiger partial charge in [0.05, 0.1) is 0 Å². The lowest BCUT2D eigenvalue weighted by atomic mass is 9.96. The number of para-hydroxylation sites is 2. The van der Waals surface area contributed by atoms with Gasteiger partial charge in [0, 0.05) is 41.7 Å². The van der Waals surface area contributed by atoms with Crippen LogP contribution in [0.4, 0.5) is 0 Å². The van der Waals surface area contributed by atoms with Crippen molar-refractivity contribution >= 4 is 75.4 Å². The summed E-state index contributed by atoms with van der Waals surface area (Å²) < 4.78 is 14.8. The average Bonchev–Trinajstić information content (AvgIpc) is 3.78. The van der Waals surface area contributed by atoms with Gasteiger partial charge in [-0.05, 0) is 100 Å². The number of thiophene rings is 1. The molecule has 3 heteroatoms. The van der Waals surface area contributed by atoms with Crippen LogP contribution in [-0.2, 0) is 0 Å². The van der Waals surface area contributed by atoms with Crippen molar-refractivity contribution in [3.63, 3.8) is 0 Å². The van der Waals surface area contributed by atoms with Gasteiger partial charge in [-0.25, -0.2) is 0 Å². The molecule has 0 amide bonds. The first kappa shape index (κ1) is 24.8. The highest BCUT2D eigenvalue weighted by Gasteiger charge is 2.13. The van der Waals surface area contributed by atoms with Gasteiger partial charge in [-0.15, -0.1) is 11.3 Å². The Morgan fingerprint density at radius 3 is 1.20 bits per heavy atom. The second-order valence-corrected chi connectivity index (χ2v) is 12.8. The van der Waals surface area contributed by atoms with Crippen molar-refractivity contribution < 1.29 is 8.83 Å². The van der Waals surface area contributed by atoms with Gasteiger partial charge in [0.1, 0.15) is 22.3 Å². The highest BCUT2D eigenvalue weighted by Crippen LogP contribution is 2.40. The first-order chi connectivity index (χ1) is 22.2. The molecule has 45 heavy (non-hydrogen) atoms. The van der Waals surface area contributed by atoms with Crippen molar-refractivity contribution in [2.24, 2.45) is 0 Å². The molecule has 0 aliphatic rings. The minimum atomic E-state index is 0.920. The molecule has 0 N–H and O–H groups in total. The van der Waals surface area contributed by atoms with Gasteiger partial charge in [0.15, 0.2) is 0 Å². The summed E-state index contributed by atoms with van der Waals surface area (Å²) in [6, 6.07) is 52.1. The first-order valence-corrected chi connectivity index (χ1v) is 16.0. The van der Waals surface area contributed by atoms with E-state index in [2.05, 4.69) is 121 Å². The van der Waals surface area contributed by atoms with Crippen LogP contribution in [-0.4, -0.2) is 0 Å². The maximum Gasteiger partial charge on any atom is 0.135 e. The van der Waals surface area contributed by atoms with Crippen LogP contribution < -0.4 is 0 Å². The number of fused-ring (bicyclic) bond motifs is 9. The lowest BCUT2D eigenvalue weighted by Crippen LogP contribution is -1.82. The summed E-state index contributed by atoms with van der Waals surface area (Å²) in [5.41, 5.74) is 10.9. The van der Waals surface area contributed by atoms with Gasteiger partial charge >= 0.3 is 0 Å². The summed E-state index contributed by atoms with van der Waals surface area (Å²) in [6.07, 6.45) is 0. The minimum Gasteiger partial charge on any atom is -0.456 e.